The lowest BCUT2D eigenvalue weighted by atomic mass is 10.1. The first-order valence-corrected chi connectivity index (χ1v) is 8.36. The summed E-state index contributed by atoms with van der Waals surface area (Å²) in [7, 11) is 0. The van der Waals surface area contributed by atoms with Crippen molar-refractivity contribution in [2.45, 2.75) is 6.18 Å². The van der Waals surface area contributed by atoms with Gasteiger partial charge in [-0.2, -0.15) is 13.2 Å². The average molecular weight is 397 g/mol. The first kappa shape index (κ1) is 18.3. The van der Waals surface area contributed by atoms with E-state index in [9.17, 15) is 28.2 Å². The van der Waals surface area contributed by atoms with E-state index in [0.717, 1.165) is 28.8 Å². The van der Waals surface area contributed by atoms with Crippen molar-refractivity contribution in [3.8, 4) is 11.5 Å². The van der Waals surface area contributed by atoms with Crippen LogP contribution in [-0.4, -0.2) is 20.4 Å². The number of amides is 1. The van der Waals surface area contributed by atoms with Crippen molar-refractivity contribution in [2.75, 3.05) is 4.90 Å². The van der Waals surface area contributed by atoms with Crippen LogP contribution in [0.15, 0.2) is 47.4 Å². The Morgan fingerprint density at radius 1 is 1.08 bits per heavy atom. The van der Waals surface area contributed by atoms with Gasteiger partial charge in [0.25, 0.3) is 5.91 Å². The van der Waals surface area contributed by atoms with Crippen LogP contribution in [0.4, 0.5) is 18.9 Å². The highest BCUT2D eigenvalue weighted by Gasteiger charge is 2.36. The maximum absolute atomic E-state index is 12.9. The molecule has 1 amide bonds. The number of phenolic OH excluding ortho intramolecular Hbond substituents is 2. The van der Waals surface area contributed by atoms with Crippen LogP contribution in [0.2, 0.25) is 0 Å². The van der Waals surface area contributed by atoms with E-state index in [1.165, 1.54) is 36.4 Å². The van der Waals surface area contributed by atoms with Crippen molar-refractivity contribution < 1.29 is 28.2 Å². The highest BCUT2D eigenvalue weighted by Crippen LogP contribution is 2.39. The maximum Gasteiger partial charge on any atom is 0.416 e. The van der Waals surface area contributed by atoms with E-state index < -0.39 is 17.6 Å². The molecule has 0 aromatic heterocycles. The fourth-order valence-corrected chi connectivity index (χ4v) is 3.59. The number of thiocarbonyl (C=S) groups is 1. The molecule has 134 valence electrons. The predicted octanol–water partition coefficient (Wildman–Crippen LogP) is 4.52. The number of benzene rings is 2. The molecule has 2 aromatic rings. The Labute approximate surface area is 155 Å². The average Bonchev–Trinajstić information content (AvgIpc) is 2.84. The minimum atomic E-state index is -4.53. The summed E-state index contributed by atoms with van der Waals surface area (Å²) in [6, 6.07) is 8.34. The molecular formula is C17H10F3NO3S2. The quantitative estimate of drug-likeness (QED) is 0.443. The van der Waals surface area contributed by atoms with Crippen LogP contribution in [0.3, 0.4) is 0 Å². The molecule has 1 aliphatic heterocycles. The summed E-state index contributed by atoms with van der Waals surface area (Å²) in [6.07, 6.45) is -3.10. The third-order valence-electron chi connectivity index (χ3n) is 3.52. The van der Waals surface area contributed by atoms with Gasteiger partial charge in [0, 0.05) is 0 Å². The van der Waals surface area contributed by atoms with Gasteiger partial charge in [-0.25, -0.2) is 0 Å². The van der Waals surface area contributed by atoms with Gasteiger partial charge >= 0.3 is 6.18 Å². The number of thioether (sulfide) groups is 1. The van der Waals surface area contributed by atoms with Crippen LogP contribution in [0.5, 0.6) is 11.5 Å². The number of rotatable bonds is 2. The zero-order chi connectivity index (χ0) is 19.1. The second-order valence-electron chi connectivity index (χ2n) is 5.31. The van der Waals surface area contributed by atoms with Crippen molar-refractivity contribution in [1.29, 1.82) is 0 Å². The Balaban J connectivity index is 1.94. The number of anilines is 1. The van der Waals surface area contributed by atoms with Crippen LogP contribution in [0, 0.1) is 0 Å². The van der Waals surface area contributed by atoms with Gasteiger partial charge in [-0.05, 0) is 42.0 Å². The SMILES string of the molecule is O=C1/C(=C\c2ccc(O)c(O)c2)SC(=S)N1c1cccc(C(F)(F)F)c1. The number of aromatic hydroxyl groups is 2. The lowest BCUT2D eigenvalue weighted by Gasteiger charge is -2.16. The molecule has 0 radical (unpaired) electrons. The Kier molecular flexibility index (Phi) is 4.68. The lowest BCUT2D eigenvalue weighted by molar-refractivity contribution is -0.137. The highest BCUT2D eigenvalue weighted by molar-refractivity contribution is 8.27. The largest absolute Gasteiger partial charge is 0.504 e. The van der Waals surface area contributed by atoms with Gasteiger partial charge in [0.05, 0.1) is 16.2 Å². The number of phenols is 2. The minimum absolute atomic E-state index is 0.0271. The molecule has 3 rings (SSSR count). The Morgan fingerprint density at radius 3 is 2.46 bits per heavy atom. The molecule has 4 nitrogen and oxygen atoms in total. The number of hydrogen-bond donors (Lipinski definition) is 2. The third-order valence-corrected chi connectivity index (χ3v) is 4.82. The Morgan fingerprint density at radius 2 is 1.81 bits per heavy atom. The van der Waals surface area contributed by atoms with E-state index >= 15 is 0 Å². The Bertz CT molecular complexity index is 941. The van der Waals surface area contributed by atoms with Gasteiger partial charge in [0.2, 0.25) is 0 Å². The summed E-state index contributed by atoms with van der Waals surface area (Å²) in [5.74, 6) is -1.22. The molecule has 1 saturated heterocycles. The molecule has 2 N–H and O–H groups in total. The molecule has 0 aliphatic carbocycles. The van der Waals surface area contributed by atoms with Gasteiger partial charge in [-0.1, -0.05) is 36.1 Å². The van der Waals surface area contributed by atoms with Gasteiger partial charge in [0.1, 0.15) is 0 Å². The maximum atomic E-state index is 12.9. The van der Waals surface area contributed by atoms with Crippen molar-refractivity contribution >= 4 is 46.0 Å². The Hall–Kier alpha value is -2.52. The van der Waals surface area contributed by atoms with E-state index in [-0.39, 0.29) is 26.4 Å². The highest BCUT2D eigenvalue weighted by atomic mass is 32.2. The summed E-state index contributed by atoms with van der Waals surface area (Å²) >= 11 is 6.07. The van der Waals surface area contributed by atoms with E-state index in [4.69, 9.17) is 12.2 Å². The fraction of sp³-hybridized carbons (Fsp3) is 0.0588. The molecule has 0 unspecified atom stereocenters. The predicted molar refractivity (Wildman–Crippen MR) is 96.9 cm³/mol. The van der Waals surface area contributed by atoms with Crippen molar-refractivity contribution in [2.24, 2.45) is 0 Å². The number of alkyl halides is 3. The van der Waals surface area contributed by atoms with Gasteiger partial charge < -0.3 is 10.2 Å². The summed E-state index contributed by atoms with van der Waals surface area (Å²) in [4.78, 5) is 13.8. The van der Waals surface area contributed by atoms with E-state index in [1.54, 1.807) is 0 Å². The van der Waals surface area contributed by atoms with Crippen molar-refractivity contribution in [1.82, 2.24) is 0 Å². The zero-order valence-electron chi connectivity index (χ0n) is 12.8. The van der Waals surface area contributed by atoms with E-state index in [0.29, 0.717) is 5.56 Å². The molecule has 1 heterocycles. The fourth-order valence-electron chi connectivity index (χ4n) is 2.29. The topological polar surface area (TPSA) is 60.8 Å². The van der Waals surface area contributed by atoms with Gasteiger partial charge in [-0.3, -0.25) is 9.69 Å². The molecular weight excluding hydrogens is 387 g/mol. The van der Waals surface area contributed by atoms with Crippen LogP contribution < -0.4 is 4.90 Å². The molecule has 1 aliphatic rings. The third kappa shape index (κ3) is 3.54. The summed E-state index contributed by atoms with van der Waals surface area (Å²) < 4.78 is 38.8. The first-order chi connectivity index (χ1) is 12.2. The number of nitrogens with zero attached hydrogens (tertiary/aromatic N) is 1. The number of hydrogen-bond acceptors (Lipinski definition) is 5. The number of halogens is 3. The van der Waals surface area contributed by atoms with E-state index in [1.807, 2.05) is 0 Å². The smallest absolute Gasteiger partial charge is 0.416 e. The zero-order valence-corrected chi connectivity index (χ0v) is 14.5. The molecule has 9 heteroatoms. The molecule has 0 bridgehead atoms. The van der Waals surface area contributed by atoms with Gasteiger partial charge in [-0.15, -0.1) is 0 Å². The monoisotopic (exact) mass is 397 g/mol. The normalized spacial score (nSPS) is 16.6. The molecule has 26 heavy (non-hydrogen) atoms. The van der Waals surface area contributed by atoms with Crippen LogP contribution in [0.1, 0.15) is 11.1 Å². The van der Waals surface area contributed by atoms with Crippen molar-refractivity contribution in [3.05, 3.63) is 58.5 Å². The summed E-state index contributed by atoms with van der Waals surface area (Å²) in [5, 5.41) is 18.8. The lowest BCUT2D eigenvalue weighted by Crippen LogP contribution is -2.27. The molecule has 0 atom stereocenters. The van der Waals surface area contributed by atoms with Crippen LogP contribution >= 0.6 is 24.0 Å². The second kappa shape index (κ2) is 6.65. The second-order valence-corrected chi connectivity index (χ2v) is 6.99. The number of carbonyl (C=O) groups is 1. The van der Waals surface area contributed by atoms with Crippen LogP contribution in [0.25, 0.3) is 6.08 Å². The van der Waals surface area contributed by atoms with Crippen LogP contribution in [-0.2, 0) is 11.0 Å². The summed E-state index contributed by atoms with van der Waals surface area (Å²) in [6.45, 7) is 0. The van der Waals surface area contributed by atoms with Crippen molar-refractivity contribution in [3.63, 3.8) is 0 Å². The number of carbonyl (C=O) groups excluding carboxylic acids is 1. The molecule has 2 aromatic carbocycles. The van der Waals surface area contributed by atoms with E-state index in [2.05, 4.69) is 0 Å². The first-order valence-electron chi connectivity index (χ1n) is 7.14. The summed E-state index contributed by atoms with van der Waals surface area (Å²) in [5.41, 5.74) is -0.416. The molecule has 1 fully saturated rings. The van der Waals surface area contributed by atoms with Gasteiger partial charge in [0.15, 0.2) is 15.8 Å². The minimum Gasteiger partial charge on any atom is -0.504 e. The molecule has 0 saturated carbocycles. The molecule has 0 spiro atoms. The standard InChI is InChI=1S/C17H10F3NO3S2/c18-17(19,20)10-2-1-3-11(8-10)21-15(24)14(26-16(21)25)7-9-4-5-12(22)13(23)6-9/h1-8,22-23H/b14-7+.